The molecule has 2 aromatic rings. The molecule has 0 amide bonds. The number of methoxy groups -OCH3 is 4. The molecule has 2 aromatic carbocycles. The van der Waals surface area contributed by atoms with Crippen LogP contribution in [0.15, 0.2) is 53.2 Å². The molecule has 0 fully saturated rings. The maximum Gasteiger partial charge on any atom is 0.171 e. The van der Waals surface area contributed by atoms with Gasteiger partial charge in [-0.15, -0.1) is 0 Å². The molecule has 1 aliphatic heterocycles. The van der Waals surface area contributed by atoms with Gasteiger partial charge in [0.15, 0.2) is 28.1 Å². The molecule has 2 aliphatic rings. The zero-order chi connectivity index (χ0) is 23.5. The van der Waals surface area contributed by atoms with Crippen molar-refractivity contribution in [2.45, 2.75) is 25.8 Å². The lowest BCUT2D eigenvalue weighted by Gasteiger charge is -2.39. The maximum absolute atomic E-state index is 5.61. The fraction of sp³-hybridized carbons (Fsp3) is 0.346. The van der Waals surface area contributed by atoms with E-state index >= 15 is 0 Å². The van der Waals surface area contributed by atoms with Crippen LogP contribution in [0.3, 0.4) is 0 Å². The zero-order valence-electron chi connectivity index (χ0n) is 19.7. The van der Waals surface area contributed by atoms with E-state index in [1.54, 1.807) is 28.4 Å². The van der Waals surface area contributed by atoms with Crippen molar-refractivity contribution in [3.05, 3.63) is 64.4 Å². The lowest BCUT2D eigenvalue weighted by molar-refractivity contribution is 0.354. The van der Waals surface area contributed by atoms with Crippen LogP contribution in [-0.4, -0.2) is 33.6 Å². The van der Waals surface area contributed by atoms with Crippen molar-refractivity contribution in [3.63, 3.8) is 0 Å². The van der Waals surface area contributed by atoms with Crippen molar-refractivity contribution in [1.29, 1.82) is 0 Å². The Morgan fingerprint density at radius 2 is 1.52 bits per heavy atom. The highest BCUT2D eigenvalue weighted by Crippen LogP contribution is 2.43. The Morgan fingerprint density at radius 3 is 2.18 bits per heavy atom. The Kier molecular flexibility index (Phi) is 6.79. The molecule has 0 saturated carbocycles. The van der Waals surface area contributed by atoms with Crippen LogP contribution in [0.4, 0.5) is 0 Å². The molecule has 1 heterocycles. The highest BCUT2D eigenvalue weighted by Gasteiger charge is 2.34. The molecule has 6 nitrogen and oxygen atoms in total. The Bertz CT molecular complexity index is 1130. The molecule has 33 heavy (non-hydrogen) atoms. The monoisotopic (exact) mass is 466 g/mol. The Labute approximate surface area is 200 Å². The largest absolute Gasteiger partial charge is 0.493 e. The summed E-state index contributed by atoms with van der Waals surface area (Å²) in [4.78, 5) is 0. The second kappa shape index (κ2) is 9.75. The smallest absolute Gasteiger partial charge is 0.171 e. The van der Waals surface area contributed by atoms with Crippen LogP contribution < -0.4 is 29.6 Å². The molecular weight excluding hydrogens is 436 g/mol. The van der Waals surface area contributed by atoms with E-state index in [2.05, 4.69) is 29.7 Å². The lowest BCUT2D eigenvalue weighted by Crippen LogP contribution is -2.46. The second-order valence-electron chi connectivity index (χ2n) is 8.20. The molecule has 0 bridgehead atoms. The van der Waals surface area contributed by atoms with E-state index in [1.807, 2.05) is 30.3 Å². The normalized spacial score (nSPS) is 21.1. The minimum atomic E-state index is -0.0438. The first-order valence-electron chi connectivity index (χ1n) is 11.0. The predicted octanol–water partition coefficient (Wildman–Crippen LogP) is 5.01. The summed E-state index contributed by atoms with van der Waals surface area (Å²) >= 11 is 5.61. The van der Waals surface area contributed by atoms with Gasteiger partial charge in [0.2, 0.25) is 0 Å². The highest BCUT2D eigenvalue weighted by molar-refractivity contribution is 7.80. The van der Waals surface area contributed by atoms with Crippen LogP contribution in [0.5, 0.6) is 23.0 Å². The van der Waals surface area contributed by atoms with Crippen LogP contribution in [0.1, 0.15) is 36.9 Å². The molecule has 0 aromatic heterocycles. The highest BCUT2D eigenvalue weighted by atomic mass is 32.1. The van der Waals surface area contributed by atoms with Crippen molar-refractivity contribution in [1.82, 2.24) is 10.6 Å². The molecule has 7 heteroatoms. The van der Waals surface area contributed by atoms with Crippen molar-refractivity contribution in [2.75, 3.05) is 28.4 Å². The summed E-state index contributed by atoms with van der Waals surface area (Å²) in [5.41, 5.74) is 5.77. The van der Waals surface area contributed by atoms with Gasteiger partial charge in [0.05, 0.1) is 34.5 Å². The van der Waals surface area contributed by atoms with Crippen LogP contribution in [0, 0.1) is 5.92 Å². The molecule has 0 spiro atoms. The minimum Gasteiger partial charge on any atom is -0.493 e. The van der Waals surface area contributed by atoms with E-state index < -0.39 is 0 Å². The third kappa shape index (κ3) is 4.50. The quantitative estimate of drug-likeness (QED) is 0.581. The van der Waals surface area contributed by atoms with Gasteiger partial charge >= 0.3 is 0 Å². The van der Waals surface area contributed by atoms with Crippen molar-refractivity contribution in [3.8, 4) is 23.0 Å². The van der Waals surface area contributed by atoms with Gasteiger partial charge in [0.1, 0.15) is 0 Å². The first-order valence-corrected chi connectivity index (χ1v) is 11.4. The minimum absolute atomic E-state index is 0.0438. The first kappa shape index (κ1) is 23.0. The molecule has 2 atom stereocenters. The Hall–Kier alpha value is -3.19. The van der Waals surface area contributed by atoms with Crippen molar-refractivity contribution in [2.24, 2.45) is 5.92 Å². The third-order valence-electron chi connectivity index (χ3n) is 6.30. The standard InChI is InChI=1S/C26H30N2O4S/c1-15-6-8-17(12-16-7-10-19(29-2)21(13-16)31-4)24-23(15)25(28-26(33)27-24)18-9-11-20(30-3)22(14-18)32-5/h7,9-15,25H,6,8H2,1-5H3,(H2,27,28,33)/b17-12+/t15-,25+/m1/s1. The fourth-order valence-electron chi connectivity index (χ4n) is 4.61. The van der Waals surface area contributed by atoms with Crippen LogP contribution >= 0.6 is 12.2 Å². The van der Waals surface area contributed by atoms with E-state index in [9.17, 15) is 0 Å². The van der Waals surface area contributed by atoms with Gasteiger partial charge in [-0.1, -0.05) is 19.1 Å². The van der Waals surface area contributed by atoms with Crippen molar-refractivity contribution < 1.29 is 18.9 Å². The van der Waals surface area contributed by atoms with Gasteiger partial charge < -0.3 is 29.6 Å². The maximum atomic E-state index is 5.61. The zero-order valence-corrected chi connectivity index (χ0v) is 20.5. The molecule has 2 N–H and O–H groups in total. The molecule has 4 rings (SSSR count). The number of hydrogen-bond acceptors (Lipinski definition) is 5. The number of hydrogen-bond donors (Lipinski definition) is 2. The number of allylic oxidation sites excluding steroid dienone is 1. The summed E-state index contributed by atoms with van der Waals surface area (Å²) < 4.78 is 21.8. The summed E-state index contributed by atoms with van der Waals surface area (Å²) in [5.74, 6) is 3.23. The van der Waals surface area contributed by atoms with Crippen LogP contribution in [0.2, 0.25) is 0 Å². The summed E-state index contributed by atoms with van der Waals surface area (Å²) in [5, 5.41) is 7.52. The molecule has 174 valence electrons. The first-order chi connectivity index (χ1) is 16.0. The molecule has 0 saturated heterocycles. The summed E-state index contributed by atoms with van der Waals surface area (Å²) in [7, 11) is 6.59. The van der Waals surface area contributed by atoms with E-state index in [4.69, 9.17) is 31.2 Å². The van der Waals surface area contributed by atoms with E-state index in [0.717, 1.165) is 29.7 Å². The van der Waals surface area contributed by atoms with Gasteiger partial charge in [0, 0.05) is 5.70 Å². The lowest BCUT2D eigenvalue weighted by atomic mass is 9.77. The van der Waals surface area contributed by atoms with Gasteiger partial charge in [-0.3, -0.25) is 0 Å². The van der Waals surface area contributed by atoms with Gasteiger partial charge in [-0.05, 0) is 83.6 Å². The third-order valence-corrected chi connectivity index (χ3v) is 6.52. The van der Waals surface area contributed by atoms with E-state index in [-0.39, 0.29) is 6.04 Å². The Morgan fingerprint density at radius 1 is 0.879 bits per heavy atom. The molecule has 0 radical (unpaired) electrons. The van der Waals surface area contributed by atoms with Crippen molar-refractivity contribution >= 4 is 23.4 Å². The van der Waals surface area contributed by atoms with Crippen LogP contribution in [-0.2, 0) is 0 Å². The van der Waals surface area contributed by atoms with E-state index in [1.165, 1.54) is 11.1 Å². The fourth-order valence-corrected chi connectivity index (χ4v) is 4.83. The average Bonchev–Trinajstić information content (AvgIpc) is 2.84. The number of ether oxygens (including phenoxy) is 4. The van der Waals surface area contributed by atoms with Crippen LogP contribution in [0.25, 0.3) is 6.08 Å². The van der Waals surface area contributed by atoms with Gasteiger partial charge in [-0.2, -0.15) is 0 Å². The molecular formula is C26H30N2O4S. The number of benzene rings is 2. The summed E-state index contributed by atoms with van der Waals surface area (Å²) in [6.07, 6.45) is 4.22. The molecule has 0 unspecified atom stereocenters. The van der Waals surface area contributed by atoms with Gasteiger partial charge in [-0.25, -0.2) is 0 Å². The number of rotatable bonds is 6. The molecule has 1 aliphatic carbocycles. The number of thiocarbonyl (C=S) groups is 1. The van der Waals surface area contributed by atoms with Gasteiger partial charge in [0.25, 0.3) is 0 Å². The topological polar surface area (TPSA) is 61.0 Å². The Balaban J connectivity index is 1.79. The number of nitrogens with one attached hydrogen (secondary N) is 2. The SMILES string of the molecule is COc1ccc(/C=C2\CC[C@@H](C)C3=C2NC(=S)N[C@H]3c2ccc(OC)c(OC)c2)cc1OC. The predicted molar refractivity (Wildman–Crippen MR) is 134 cm³/mol. The summed E-state index contributed by atoms with van der Waals surface area (Å²) in [6, 6.07) is 11.9. The average molecular weight is 467 g/mol. The second-order valence-corrected chi connectivity index (χ2v) is 8.61. The van der Waals surface area contributed by atoms with E-state index in [0.29, 0.717) is 34.0 Å². The summed E-state index contributed by atoms with van der Waals surface area (Å²) in [6.45, 7) is 2.27.